The van der Waals surface area contributed by atoms with Crippen LogP contribution in [0.3, 0.4) is 0 Å². The molecule has 0 amide bonds. The smallest absolute Gasteiger partial charge is 0.497 e. The van der Waals surface area contributed by atoms with Crippen molar-refractivity contribution < 1.29 is 70.1 Å². The first kappa shape index (κ1) is 64.4. The molecule has 8 aromatic rings. The predicted octanol–water partition coefficient (Wildman–Crippen LogP) is 12.6. The fourth-order valence-corrected chi connectivity index (χ4v) is 5.90. The number of hydrogen-bond acceptors (Lipinski definition) is 8. The molecule has 10 nitrogen and oxygen atoms in total. The number of carbonyl (C=O) groups is 2. The third kappa shape index (κ3) is 26.5. The van der Waals surface area contributed by atoms with Crippen molar-refractivity contribution in [1.29, 1.82) is 0 Å². The Labute approximate surface area is 484 Å². The van der Waals surface area contributed by atoms with E-state index in [0.717, 1.165) is 81.8 Å². The number of carboxylic acid groups (broad SMARTS) is 2. The molecular weight excluding hydrogens is 1160 g/mol. The van der Waals surface area contributed by atoms with Gasteiger partial charge in [0.15, 0.2) is 0 Å². The Morgan fingerprint density at radius 2 is 0.795 bits per heavy atom. The third-order valence-corrected chi connectivity index (χ3v) is 8.85. The summed E-state index contributed by atoms with van der Waals surface area (Å²) in [7, 11) is 0. The van der Waals surface area contributed by atoms with E-state index in [0.29, 0.717) is 11.5 Å². The van der Waals surface area contributed by atoms with E-state index in [9.17, 15) is 0 Å². The van der Waals surface area contributed by atoms with Gasteiger partial charge in [0.1, 0.15) is 11.5 Å². The van der Waals surface area contributed by atoms with Crippen LogP contribution in [0.1, 0.15) is 39.1 Å². The summed E-state index contributed by atoms with van der Waals surface area (Å²) in [6.07, 6.45) is 3.56. The molecule has 4 aromatic heterocycles. The van der Waals surface area contributed by atoms with Gasteiger partial charge in [0.2, 0.25) is 0 Å². The maximum absolute atomic E-state index is 9.00. The van der Waals surface area contributed by atoms with E-state index in [1.165, 1.54) is 0 Å². The number of nitrogens with zero attached hydrogens (tertiary/aromatic N) is 4. The molecule has 0 bridgehead atoms. The first-order valence-electron chi connectivity index (χ1n) is 23.0. The molecule has 0 aliphatic carbocycles. The molecule has 0 unspecified atom stereocenters. The molecule has 0 fully saturated rings. The summed E-state index contributed by atoms with van der Waals surface area (Å²) in [5.41, 5.74) is 9.42. The molecule has 4 heterocycles. The summed E-state index contributed by atoms with van der Waals surface area (Å²) in [5.74, 6) is 36.7. The Balaban J connectivity index is 0.000000379. The quantitative estimate of drug-likeness (QED) is 0.0857. The van der Waals surface area contributed by atoms with Crippen LogP contribution in [-0.2, 0) is 50.4 Å². The van der Waals surface area contributed by atoms with E-state index in [1.807, 2.05) is 172 Å². The predicted molar refractivity (Wildman–Crippen MR) is 298 cm³/mol. The molecule has 12 heteroatoms. The summed E-state index contributed by atoms with van der Waals surface area (Å²) in [4.78, 5) is 35.9. The maximum Gasteiger partial charge on any atom is 2.00 e. The largest absolute Gasteiger partial charge is 2.00 e. The zero-order valence-electron chi connectivity index (χ0n) is 43.1. The fraction of sp³-hybridized carbons (Fsp3) is 0.0909. The molecule has 78 heavy (non-hydrogen) atoms. The normalized spacial score (nSPS) is 8.44. The molecule has 0 saturated carbocycles. The van der Waals surface area contributed by atoms with Crippen LogP contribution in [0.15, 0.2) is 170 Å². The van der Waals surface area contributed by atoms with Crippen molar-refractivity contribution in [3.8, 4) is 151 Å². The topological polar surface area (TPSA) is 145 Å². The van der Waals surface area contributed by atoms with Crippen LogP contribution in [0.5, 0.6) is 23.0 Å². The molecule has 0 radical (unpaired) electrons. The minimum absolute atomic E-state index is 0. The van der Waals surface area contributed by atoms with Gasteiger partial charge < -0.3 is 29.7 Å². The van der Waals surface area contributed by atoms with Gasteiger partial charge in [0.25, 0.3) is 11.9 Å². The average Bonchev–Trinajstić information content (AvgIpc) is 3.42. The van der Waals surface area contributed by atoms with E-state index in [4.69, 9.17) is 29.3 Å². The van der Waals surface area contributed by atoms with Crippen LogP contribution >= 0.6 is 0 Å². The van der Waals surface area contributed by atoms with Crippen LogP contribution in [0.2, 0.25) is 0 Å². The number of carboxylic acids is 2. The van der Waals surface area contributed by atoms with Gasteiger partial charge in [-0.05, 0) is 171 Å². The molecule has 0 spiro atoms. The molecule has 0 aliphatic heterocycles. The van der Waals surface area contributed by atoms with Gasteiger partial charge in [-0.15, -0.1) is 47.5 Å². The average molecular weight is 1210 g/mol. The van der Waals surface area contributed by atoms with Crippen LogP contribution in [0.25, 0.3) is 45.0 Å². The van der Waals surface area contributed by atoms with E-state index < -0.39 is 11.9 Å². The standard InChI is InChI=1S/C23H18N2O.C23H16N2O.C16H6.2C2H4O2.2Pd/c2*1-17-7-4-13-23(25-17)19-9-6-11-21(16-19)26-20-10-5-8-18(15-20)22-12-2-3-14-24-22;1-3-5-7-9-11-13-15-16-14-12-10-8-6-4-2;2*1-2(3)4;;/h2-16H,1H3;2-14H,1H3;1-2H3;2*1H3,(H,3,4);;/q;-2;;;;;+2. The van der Waals surface area contributed by atoms with Crippen LogP contribution in [0, 0.1) is 109 Å². The molecule has 8 rings (SSSR count). The monoisotopic (exact) mass is 1200 g/mol. The Morgan fingerprint density at radius 1 is 0.436 bits per heavy atom. The second-order valence-electron chi connectivity index (χ2n) is 14.9. The first-order chi connectivity index (χ1) is 36.9. The van der Waals surface area contributed by atoms with Crippen molar-refractivity contribution in [1.82, 2.24) is 19.9 Å². The molecule has 4 aromatic carbocycles. The van der Waals surface area contributed by atoms with Crippen molar-refractivity contribution in [3.63, 3.8) is 0 Å². The Hall–Kier alpha value is -9.74. The second-order valence-corrected chi connectivity index (χ2v) is 14.9. The van der Waals surface area contributed by atoms with Crippen LogP contribution < -0.4 is 9.47 Å². The summed E-state index contributed by atoms with van der Waals surface area (Å²) in [6, 6.07) is 57.7. The van der Waals surface area contributed by atoms with E-state index in [2.05, 4.69) is 115 Å². The maximum atomic E-state index is 9.00. The van der Waals surface area contributed by atoms with Crippen molar-refractivity contribution in [2.45, 2.75) is 41.5 Å². The number of aromatic nitrogens is 4. The zero-order valence-corrected chi connectivity index (χ0v) is 46.2. The van der Waals surface area contributed by atoms with E-state index >= 15 is 0 Å². The van der Waals surface area contributed by atoms with Gasteiger partial charge in [-0.3, -0.25) is 19.6 Å². The van der Waals surface area contributed by atoms with Crippen LogP contribution in [0.4, 0.5) is 0 Å². The van der Waals surface area contributed by atoms with Crippen molar-refractivity contribution in [2.75, 3.05) is 0 Å². The number of pyridine rings is 4. The SMILES string of the molecule is CC#CC#CC#CC#CC#CC#CC#CC.CC(=O)O.CC(=O)O.Cc1cccc(-c2[c-]c(Oc3[c-]c(-c4ccccn4)ccc3)ccc2)n1.Cc1cccc(-c2cccc(Oc3cccc(-c4ccccn4)c3)c2)n1.[Pd+2].[Pd]. The summed E-state index contributed by atoms with van der Waals surface area (Å²) >= 11 is 0. The number of aliphatic carboxylic acids is 2. The van der Waals surface area contributed by atoms with E-state index in [1.54, 1.807) is 26.2 Å². The number of ether oxygens (including phenoxy) is 2. The number of benzene rings is 4. The minimum Gasteiger partial charge on any atom is -0.497 e. The Kier molecular flexibility index (Phi) is 31.3. The van der Waals surface area contributed by atoms with Gasteiger partial charge in [-0.25, -0.2) is 0 Å². The first-order valence-corrected chi connectivity index (χ1v) is 23.0. The number of rotatable bonds is 8. The van der Waals surface area contributed by atoms with Gasteiger partial charge in [0, 0.05) is 80.7 Å². The Bertz CT molecular complexity index is 3440. The summed E-state index contributed by atoms with van der Waals surface area (Å²) in [5, 5.41) is 14.8. The molecule has 0 saturated heterocycles. The van der Waals surface area contributed by atoms with Gasteiger partial charge in [0.05, 0.1) is 11.4 Å². The summed E-state index contributed by atoms with van der Waals surface area (Å²) in [6.45, 7) is 9.55. The van der Waals surface area contributed by atoms with Gasteiger partial charge in [-0.1, -0.05) is 84.6 Å². The van der Waals surface area contributed by atoms with Crippen LogP contribution in [-0.4, -0.2) is 42.1 Å². The molecular formula is C66H48N4O6Pd2. The molecule has 2 N–H and O–H groups in total. The fourth-order valence-electron chi connectivity index (χ4n) is 5.90. The minimum atomic E-state index is -0.833. The summed E-state index contributed by atoms with van der Waals surface area (Å²) < 4.78 is 12.0. The van der Waals surface area contributed by atoms with Gasteiger partial charge in [-0.2, -0.15) is 0 Å². The Morgan fingerprint density at radius 3 is 1.22 bits per heavy atom. The van der Waals surface area contributed by atoms with Gasteiger partial charge >= 0.3 is 20.4 Å². The van der Waals surface area contributed by atoms with E-state index in [-0.39, 0.29) is 40.8 Å². The molecule has 0 atom stereocenters. The van der Waals surface area contributed by atoms with Crippen molar-refractivity contribution in [3.05, 3.63) is 194 Å². The van der Waals surface area contributed by atoms with Crippen molar-refractivity contribution >= 4 is 11.9 Å². The molecule has 388 valence electrons. The number of aryl methyl sites for hydroxylation is 2. The zero-order chi connectivity index (χ0) is 54.6. The molecule has 0 aliphatic rings. The second kappa shape index (κ2) is 37.9. The third-order valence-electron chi connectivity index (χ3n) is 8.85. The number of hydrogen-bond donors (Lipinski definition) is 2. The van der Waals surface area contributed by atoms with Crippen molar-refractivity contribution in [2.24, 2.45) is 0 Å².